The summed E-state index contributed by atoms with van der Waals surface area (Å²) in [6.45, 7) is 1.75. The van der Waals surface area contributed by atoms with Crippen LogP contribution in [0.1, 0.15) is 6.92 Å². The number of hydrogen-bond donors (Lipinski definition) is 3. The van der Waals surface area contributed by atoms with E-state index in [0.717, 1.165) is 6.26 Å². The second kappa shape index (κ2) is 9.26. The van der Waals surface area contributed by atoms with Gasteiger partial charge in [0.25, 0.3) is 0 Å². The number of urea groups is 1. The van der Waals surface area contributed by atoms with Crippen molar-refractivity contribution in [1.82, 2.24) is 0 Å². The lowest BCUT2D eigenvalue weighted by Gasteiger charge is -1.62. The van der Waals surface area contributed by atoms with Crippen molar-refractivity contribution in [3.05, 3.63) is 12.3 Å². The fraction of sp³-hybridized carbons (Fsp3) is 0.250. The number of carbonyl (C=O) groups is 1. The van der Waals surface area contributed by atoms with Crippen molar-refractivity contribution in [3.63, 3.8) is 0 Å². The Morgan fingerprint density at radius 2 is 1.75 bits per heavy atom. The normalized spacial score (nSPS) is 7.62. The molecule has 4 heteroatoms. The van der Waals surface area contributed by atoms with Gasteiger partial charge in [-0.3, -0.25) is 0 Å². The van der Waals surface area contributed by atoms with Crippen molar-refractivity contribution in [1.29, 1.82) is 0 Å². The summed E-state index contributed by atoms with van der Waals surface area (Å²) in [7, 11) is 0. The Morgan fingerprint density at radius 1 is 1.62 bits per heavy atom. The summed E-state index contributed by atoms with van der Waals surface area (Å²) in [4.78, 5) is 9.00. The molecule has 0 fully saturated rings. The van der Waals surface area contributed by atoms with Crippen LogP contribution in [0.3, 0.4) is 0 Å². The maximum absolute atomic E-state index is 9.00. The van der Waals surface area contributed by atoms with Crippen molar-refractivity contribution in [2.45, 2.75) is 6.92 Å². The third-order valence-corrected chi connectivity index (χ3v) is 0.149. The molecular weight excluding hydrogens is 108 g/mol. The number of aliphatic hydroxyl groups excluding tert-OH is 1. The Bertz CT molecular complexity index is 72.1. The van der Waals surface area contributed by atoms with Crippen molar-refractivity contribution < 1.29 is 9.90 Å². The van der Waals surface area contributed by atoms with Gasteiger partial charge in [0, 0.05) is 0 Å². The molecule has 0 atom stereocenters. The molecule has 0 aromatic carbocycles. The highest BCUT2D eigenvalue weighted by atomic mass is 16.2. The topological polar surface area (TPSA) is 89.3 Å². The minimum atomic E-state index is -0.833. The molecule has 0 saturated heterocycles. The van der Waals surface area contributed by atoms with Gasteiger partial charge in [-0.15, -0.1) is 0 Å². The molecule has 0 radical (unpaired) electrons. The molecule has 0 bridgehead atoms. The van der Waals surface area contributed by atoms with Gasteiger partial charge in [-0.2, -0.15) is 0 Å². The number of amides is 2. The highest BCUT2D eigenvalue weighted by Crippen LogP contribution is 1.51. The minimum absolute atomic E-state index is 0.833. The lowest BCUT2D eigenvalue weighted by atomic mass is 10.8. The molecule has 0 aromatic rings. The first-order chi connectivity index (χ1) is 3.65. The zero-order chi connectivity index (χ0) is 6.99. The van der Waals surface area contributed by atoms with Gasteiger partial charge >= 0.3 is 6.03 Å². The van der Waals surface area contributed by atoms with E-state index in [1.807, 2.05) is 0 Å². The first-order valence-corrected chi connectivity index (χ1v) is 1.95. The molecule has 0 aliphatic rings. The molecule has 0 aliphatic heterocycles. The Labute approximate surface area is 47.8 Å². The van der Waals surface area contributed by atoms with Crippen LogP contribution in [-0.4, -0.2) is 11.1 Å². The molecule has 0 unspecified atom stereocenters. The summed E-state index contributed by atoms with van der Waals surface area (Å²) in [6, 6.07) is -0.833. The minimum Gasteiger partial charge on any atom is -0.516 e. The Kier molecular flexibility index (Phi) is 11.5. The fourth-order valence-corrected chi connectivity index (χ4v) is 0. The van der Waals surface area contributed by atoms with E-state index >= 15 is 0 Å². The monoisotopic (exact) mass is 118 g/mol. The van der Waals surface area contributed by atoms with Gasteiger partial charge in [0.2, 0.25) is 0 Å². The molecule has 0 aromatic heterocycles. The molecule has 5 N–H and O–H groups in total. The summed E-state index contributed by atoms with van der Waals surface area (Å²) >= 11 is 0. The third kappa shape index (κ3) is 1930. The van der Waals surface area contributed by atoms with E-state index in [-0.39, 0.29) is 0 Å². The molecule has 0 spiro atoms. The number of carbonyl (C=O) groups excluding carboxylic acids is 1. The van der Waals surface area contributed by atoms with Crippen LogP contribution in [0.15, 0.2) is 12.3 Å². The Morgan fingerprint density at radius 3 is 1.75 bits per heavy atom. The second-order valence-corrected chi connectivity index (χ2v) is 0.885. The summed E-state index contributed by atoms with van der Waals surface area (Å²) < 4.78 is 0. The first kappa shape index (κ1) is 9.94. The molecular formula is C4H10N2O2. The van der Waals surface area contributed by atoms with Crippen LogP contribution in [0, 0.1) is 0 Å². The van der Waals surface area contributed by atoms with Crippen LogP contribution in [0.5, 0.6) is 0 Å². The Balaban J connectivity index is 0. The van der Waals surface area contributed by atoms with Gasteiger partial charge in [0.05, 0.1) is 6.26 Å². The van der Waals surface area contributed by atoms with Gasteiger partial charge in [0.15, 0.2) is 0 Å². The van der Waals surface area contributed by atoms with Gasteiger partial charge in [0.1, 0.15) is 0 Å². The SMILES string of the molecule is CC=CO.NC(N)=O. The summed E-state index contributed by atoms with van der Waals surface area (Å²) in [5, 5.41) is 7.69. The van der Waals surface area contributed by atoms with E-state index in [2.05, 4.69) is 11.5 Å². The van der Waals surface area contributed by atoms with Gasteiger partial charge < -0.3 is 16.6 Å². The smallest absolute Gasteiger partial charge is 0.309 e. The van der Waals surface area contributed by atoms with Crippen LogP contribution in [0.25, 0.3) is 0 Å². The number of rotatable bonds is 0. The summed E-state index contributed by atoms with van der Waals surface area (Å²) in [6.07, 6.45) is 2.56. The van der Waals surface area contributed by atoms with Gasteiger partial charge in [-0.25, -0.2) is 4.79 Å². The lowest BCUT2D eigenvalue weighted by molar-refractivity contribution is 0.256. The average molecular weight is 118 g/mol. The van der Waals surface area contributed by atoms with E-state index in [1.165, 1.54) is 0 Å². The van der Waals surface area contributed by atoms with Gasteiger partial charge in [-0.1, -0.05) is 6.08 Å². The predicted molar refractivity (Wildman–Crippen MR) is 31.2 cm³/mol. The first-order valence-electron chi connectivity index (χ1n) is 1.95. The number of nitrogens with two attached hydrogens (primary N) is 2. The molecule has 4 nitrogen and oxygen atoms in total. The van der Waals surface area contributed by atoms with E-state index in [9.17, 15) is 0 Å². The van der Waals surface area contributed by atoms with Crippen molar-refractivity contribution in [2.75, 3.05) is 0 Å². The quantitative estimate of drug-likeness (QED) is 0.394. The van der Waals surface area contributed by atoms with Crippen LogP contribution in [0.2, 0.25) is 0 Å². The highest BCUT2D eigenvalue weighted by Gasteiger charge is 1.60. The van der Waals surface area contributed by atoms with Crippen LogP contribution in [0.4, 0.5) is 4.79 Å². The lowest BCUT2D eigenvalue weighted by Crippen LogP contribution is -2.18. The van der Waals surface area contributed by atoms with Crippen molar-refractivity contribution >= 4 is 6.03 Å². The van der Waals surface area contributed by atoms with E-state index in [0.29, 0.717) is 0 Å². The zero-order valence-corrected chi connectivity index (χ0v) is 4.66. The molecule has 8 heavy (non-hydrogen) atoms. The van der Waals surface area contributed by atoms with E-state index < -0.39 is 6.03 Å². The maximum atomic E-state index is 9.00. The second-order valence-electron chi connectivity index (χ2n) is 0.885. The van der Waals surface area contributed by atoms with Crippen LogP contribution in [-0.2, 0) is 0 Å². The van der Waals surface area contributed by atoms with Gasteiger partial charge in [-0.05, 0) is 6.92 Å². The van der Waals surface area contributed by atoms with Crippen LogP contribution >= 0.6 is 0 Å². The Hall–Kier alpha value is -1.19. The number of primary amides is 2. The zero-order valence-electron chi connectivity index (χ0n) is 4.66. The standard InChI is InChI=1S/C3H6O.CH4N2O/c1-2-3-4;2-1(3)4/h2-4H,1H3;(H4,2,3,4). The maximum Gasteiger partial charge on any atom is 0.309 e. The molecule has 2 amide bonds. The third-order valence-electron chi connectivity index (χ3n) is 0.149. The predicted octanol–water partition coefficient (Wildman–Crippen LogP) is 0.102. The molecule has 0 aliphatic carbocycles. The molecule has 0 heterocycles. The van der Waals surface area contributed by atoms with E-state index in [4.69, 9.17) is 9.90 Å². The molecule has 0 saturated carbocycles. The summed E-state index contributed by atoms with van der Waals surface area (Å²) in [5.74, 6) is 0. The highest BCUT2D eigenvalue weighted by molar-refractivity contribution is 5.69. The van der Waals surface area contributed by atoms with Crippen LogP contribution < -0.4 is 11.5 Å². The average Bonchev–Trinajstić information content (AvgIpc) is 1.65. The molecule has 48 valence electrons. The largest absolute Gasteiger partial charge is 0.516 e. The number of allylic oxidation sites excluding steroid dienone is 1. The van der Waals surface area contributed by atoms with Crippen molar-refractivity contribution in [2.24, 2.45) is 11.5 Å². The van der Waals surface area contributed by atoms with Crippen molar-refractivity contribution in [3.8, 4) is 0 Å². The fourth-order valence-electron chi connectivity index (χ4n) is 0. The summed E-state index contributed by atoms with van der Waals surface area (Å²) in [5.41, 5.74) is 8.50. The van der Waals surface area contributed by atoms with E-state index in [1.54, 1.807) is 13.0 Å². The number of hydrogen-bond acceptors (Lipinski definition) is 2. The molecule has 0 rings (SSSR count). The number of aliphatic hydroxyl groups is 1.